The van der Waals surface area contributed by atoms with E-state index in [4.69, 9.17) is 0 Å². The van der Waals surface area contributed by atoms with Crippen LogP contribution in [0.2, 0.25) is 0 Å². The summed E-state index contributed by atoms with van der Waals surface area (Å²) >= 11 is 0. The summed E-state index contributed by atoms with van der Waals surface area (Å²) < 4.78 is 0. The number of nitrogens with zero attached hydrogens (tertiary/aromatic N) is 2. The van der Waals surface area contributed by atoms with Gasteiger partial charge in [0.15, 0.2) is 0 Å². The molecular formula is C20H21N3O4. The summed E-state index contributed by atoms with van der Waals surface area (Å²) in [7, 11) is 1.99. The highest BCUT2D eigenvalue weighted by Gasteiger charge is 2.44. The van der Waals surface area contributed by atoms with E-state index in [0.29, 0.717) is 17.2 Å². The molecule has 0 saturated carbocycles. The molecule has 2 aliphatic heterocycles. The fourth-order valence-corrected chi connectivity index (χ4v) is 4.02. The third kappa shape index (κ3) is 2.93. The molecule has 4 amide bonds. The van der Waals surface area contributed by atoms with E-state index in [1.54, 1.807) is 12.1 Å². The van der Waals surface area contributed by atoms with Crippen molar-refractivity contribution in [3.63, 3.8) is 0 Å². The van der Waals surface area contributed by atoms with Gasteiger partial charge in [0.1, 0.15) is 6.04 Å². The molecule has 1 aliphatic carbocycles. The number of rotatable bonds is 3. The Morgan fingerprint density at radius 1 is 1.04 bits per heavy atom. The monoisotopic (exact) mass is 367 g/mol. The summed E-state index contributed by atoms with van der Waals surface area (Å²) in [5.74, 6) is -1.91. The summed E-state index contributed by atoms with van der Waals surface area (Å²) in [5, 5.41) is 2.21. The standard InChI is InChI=1S/C20H21N3O4/c1-22(12-5-3-2-4-6-12)13-7-8-14-15(11-13)20(27)23(19(14)26)16-9-10-17(24)21-18(16)25/h2-3,7-8,11-12,16H,4-6,9-10H2,1H3,(H,21,24,25)/t12-,16?/m1/s1. The average Bonchev–Trinajstić information content (AvgIpc) is 2.92. The zero-order valence-electron chi connectivity index (χ0n) is 15.1. The molecule has 1 N–H and O–H groups in total. The Labute approximate surface area is 157 Å². The first-order valence-electron chi connectivity index (χ1n) is 9.21. The van der Waals surface area contributed by atoms with Crippen molar-refractivity contribution < 1.29 is 19.2 Å². The predicted molar refractivity (Wildman–Crippen MR) is 98.3 cm³/mol. The molecule has 1 fully saturated rings. The topological polar surface area (TPSA) is 86.8 Å². The van der Waals surface area contributed by atoms with Crippen LogP contribution in [0.1, 0.15) is 52.8 Å². The lowest BCUT2D eigenvalue weighted by atomic mass is 9.99. The van der Waals surface area contributed by atoms with Gasteiger partial charge in [0.2, 0.25) is 11.8 Å². The van der Waals surface area contributed by atoms with E-state index < -0.39 is 23.8 Å². The maximum absolute atomic E-state index is 12.9. The molecular weight excluding hydrogens is 346 g/mol. The Morgan fingerprint density at radius 3 is 2.52 bits per heavy atom. The Hall–Kier alpha value is -2.96. The molecule has 0 radical (unpaired) electrons. The Bertz CT molecular complexity index is 876. The highest BCUT2D eigenvalue weighted by atomic mass is 16.2. The van der Waals surface area contributed by atoms with Crippen LogP contribution in [-0.4, -0.2) is 47.7 Å². The Kier molecular flexibility index (Phi) is 4.30. The van der Waals surface area contributed by atoms with Gasteiger partial charge in [-0.2, -0.15) is 0 Å². The van der Waals surface area contributed by atoms with Crippen LogP contribution < -0.4 is 10.2 Å². The number of anilines is 1. The van der Waals surface area contributed by atoms with E-state index in [2.05, 4.69) is 22.4 Å². The summed E-state index contributed by atoms with van der Waals surface area (Å²) in [6.07, 6.45) is 7.64. The highest BCUT2D eigenvalue weighted by Crippen LogP contribution is 2.32. The van der Waals surface area contributed by atoms with Crippen molar-refractivity contribution in [1.29, 1.82) is 0 Å². The van der Waals surface area contributed by atoms with Crippen LogP contribution in [0.3, 0.4) is 0 Å². The second kappa shape index (κ2) is 6.64. The molecule has 140 valence electrons. The van der Waals surface area contributed by atoms with Crippen molar-refractivity contribution in [3.8, 4) is 0 Å². The first kappa shape index (κ1) is 17.5. The zero-order valence-corrected chi connectivity index (χ0v) is 15.1. The van der Waals surface area contributed by atoms with E-state index in [9.17, 15) is 19.2 Å². The molecule has 3 aliphatic rings. The lowest BCUT2D eigenvalue weighted by Crippen LogP contribution is -2.54. The lowest BCUT2D eigenvalue weighted by Gasteiger charge is -2.31. The third-order valence-corrected chi connectivity index (χ3v) is 5.62. The van der Waals surface area contributed by atoms with Gasteiger partial charge in [-0.15, -0.1) is 0 Å². The maximum Gasteiger partial charge on any atom is 0.262 e. The van der Waals surface area contributed by atoms with E-state index in [-0.39, 0.29) is 18.7 Å². The SMILES string of the molecule is CN(c1ccc2c(c1)C(=O)N(C1CCC(=O)NC1=O)C2=O)[C@@H]1CC=CCC1. The average molecular weight is 367 g/mol. The van der Waals surface area contributed by atoms with Gasteiger partial charge >= 0.3 is 0 Å². The number of hydrogen-bond acceptors (Lipinski definition) is 5. The molecule has 7 nitrogen and oxygen atoms in total. The van der Waals surface area contributed by atoms with E-state index >= 15 is 0 Å². The fraction of sp³-hybridized carbons (Fsp3) is 0.400. The van der Waals surface area contributed by atoms with E-state index in [1.165, 1.54) is 0 Å². The minimum atomic E-state index is -0.931. The molecule has 1 saturated heterocycles. The third-order valence-electron chi connectivity index (χ3n) is 5.62. The minimum absolute atomic E-state index is 0.118. The Morgan fingerprint density at radius 2 is 1.81 bits per heavy atom. The van der Waals surface area contributed by atoms with Crippen LogP contribution in [0, 0.1) is 0 Å². The van der Waals surface area contributed by atoms with Gasteiger partial charge in [0, 0.05) is 25.2 Å². The molecule has 1 aromatic rings. The number of amides is 4. The molecule has 1 aromatic carbocycles. The molecule has 0 bridgehead atoms. The van der Waals surface area contributed by atoms with Crippen molar-refractivity contribution in [2.45, 2.75) is 44.2 Å². The first-order valence-corrected chi connectivity index (χ1v) is 9.21. The quantitative estimate of drug-likeness (QED) is 0.648. The smallest absolute Gasteiger partial charge is 0.262 e. The van der Waals surface area contributed by atoms with Crippen LogP contribution >= 0.6 is 0 Å². The number of hydrogen-bond donors (Lipinski definition) is 1. The second-order valence-corrected chi connectivity index (χ2v) is 7.23. The van der Waals surface area contributed by atoms with E-state index in [1.807, 2.05) is 13.1 Å². The molecule has 0 aromatic heterocycles. The molecule has 4 rings (SSSR count). The number of allylic oxidation sites excluding steroid dienone is 1. The van der Waals surface area contributed by atoms with Gasteiger partial charge in [-0.25, -0.2) is 0 Å². The largest absolute Gasteiger partial charge is 0.371 e. The van der Waals surface area contributed by atoms with Crippen LogP contribution in [-0.2, 0) is 9.59 Å². The number of benzene rings is 1. The fourth-order valence-electron chi connectivity index (χ4n) is 4.02. The molecule has 2 atom stereocenters. The number of imide groups is 2. The summed E-state index contributed by atoms with van der Waals surface area (Å²) in [6, 6.07) is 4.66. The summed E-state index contributed by atoms with van der Waals surface area (Å²) in [6.45, 7) is 0. The highest BCUT2D eigenvalue weighted by molar-refractivity contribution is 6.23. The van der Waals surface area contributed by atoms with Gasteiger partial charge < -0.3 is 4.90 Å². The van der Waals surface area contributed by atoms with Crippen LogP contribution in [0.5, 0.6) is 0 Å². The summed E-state index contributed by atoms with van der Waals surface area (Å²) in [4.78, 5) is 52.2. The molecule has 2 heterocycles. The van der Waals surface area contributed by atoms with Crippen molar-refractivity contribution in [2.75, 3.05) is 11.9 Å². The number of nitrogens with one attached hydrogen (secondary N) is 1. The number of carbonyl (C=O) groups excluding carboxylic acids is 4. The predicted octanol–water partition coefficient (Wildman–Crippen LogP) is 1.63. The normalized spacial score (nSPS) is 24.9. The van der Waals surface area contributed by atoms with Gasteiger partial charge in [-0.1, -0.05) is 12.2 Å². The van der Waals surface area contributed by atoms with Gasteiger partial charge in [-0.05, 0) is 43.9 Å². The summed E-state index contributed by atoms with van der Waals surface area (Å²) in [5.41, 5.74) is 1.51. The zero-order chi connectivity index (χ0) is 19.1. The van der Waals surface area contributed by atoms with Crippen molar-refractivity contribution in [2.24, 2.45) is 0 Å². The van der Waals surface area contributed by atoms with Crippen molar-refractivity contribution in [3.05, 3.63) is 41.5 Å². The molecule has 1 unspecified atom stereocenters. The number of carbonyl (C=O) groups is 4. The lowest BCUT2D eigenvalue weighted by molar-refractivity contribution is -0.136. The first-order chi connectivity index (χ1) is 13.0. The van der Waals surface area contributed by atoms with Gasteiger partial charge in [0.05, 0.1) is 11.1 Å². The molecule has 7 heteroatoms. The van der Waals surface area contributed by atoms with Gasteiger partial charge in [0.25, 0.3) is 11.8 Å². The van der Waals surface area contributed by atoms with Gasteiger partial charge in [-0.3, -0.25) is 29.4 Å². The number of fused-ring (bicyclic) bond motifs is 1. The van der Waals surface area contributed by atoms with Crippen molar-refractivity contribution in [1.82, 2.24) is 10.2 Å². The van der Waals surface area contributed by atoms with Crippen LogP contribution in [0.4, 0.5) is 5.69 Å². The Balaban J connectivity index is 1.61. The maximum atomic E-state index is 12.9. The minimum Gasteiger partial charge on any atom is -0.371 e. The van der Waals surface area contributed by atoms with Crippen molar-refractivity contribution >= 4 is 29.3 Å². The molecule has 0 spiro atoms. The number of piperidine rings is 1. The van der Waals surface area contributed by atoms with E-state index in [0.717, 1.165) is 29.8 Å². The second-order valence-electron chi connectivity index (χ2n) is 7.23. The van der Waals surface area contributed by atoms with Crippen LogP contribution in [0.15, 0.2) is 30.4 Å². The molecule has 27 heavy (non-hydrogen) atoms. The van der Waals surface area contributed by atoms with Crippen LogP contribution in [0.25, 0.3) is 0 Å².